The van der Waals surface area contributed by atoms with E-state index >= 15 is 0 Å². The maximum atomic E-state index is 11.5. The van der Waals surface area contributed by atoms with Gasteiger partial charge in [-0.1, -0.05) is 24.3 Å². The zero-order valence-electron chi connectivity index (χ0n) is 14.1. The Kier molecular flexibility index (Phi) is 7.61. The summed E-state index contributed by atoms with van der Waals surface area (Å²) in [6, 6.07) is 7.62. The first-order valence-electron chi connectivity index (χ1n) is 8.37. The fourth-order valence-corrected chi connectivity index (χ4v) is 2.42. The highest BCUT2D eigenvalue weighted by atomic mass is 16.3. The molecule has 126 valence electrons. The maximum absolute atomic E-state index is 11.5. The van der Waals surface area contributed by atoms with Crippen molar-refractivity contribution in [2.45, 2.75) is 39.0 Å². The molecule has 0 saturated heterocycles. The van der Waals surface area contributed by atoms with Gasteiger partial charge < -0.3 is 8.83 Å². The van der Waals surface area contributed by atoms with Gasteiger partial charge in [-0.3, -0.25) is 4.79 Å². The fourth-order valence-electron chi connectivity index (χ4n) is 2.42. The monoisotopic (exact) mass is 324 g/mol. The predicted molar refractivity (Wildman–Crippen MR) is 96.5 cm³/mol. The van der Waals surface area contributed by atoms with Gasteiger partial charge in [0.1, 0.15) is 11.5 Å². The molecular weight excluding hydrogens is 300 g/mol. The molecule has 2 aromatic heterocycles. The van der Waals surface area contributed by atoms with E-state index in [0.29, 0.717) is 5.78 Å². The minimum absolute atomic E-state index is 0.314. The number of allylic oxidation sites excluding steroid dienone is 5. The van der Waals surface area contributed by atoms with Crippen LogP contribution < -0.4 is 0 Å². The van der Waals surface area contributed by atoms with Gasteiger partial charge in [0, 0.05) is 12.8 Å². The molecule has 0 aliphatic heterocycles. The summed E-state index contributed by atoms with van der Waals surface area (Å²) in [4.78, 5) is 11.5. The normalized spacial score (nSPS) is 16.7. The van der Waals surface area contributed by atoms with E-state index in [4.69, 9.17) is 8.83 Å². The van der Waals surface area contributed by atoms with Crippen molar-refractivity contribution >= 4 is 11.9 Å². The molecule has 24 heavy (non-hydrogen) atoms. The topological polar surface area (TPSA) is 43.4 Å². The van der Waals surface area contributed by atoms with Crippen molar-refractivity contribution < 1.29 is 13.6 Å². The zero-order valence-corrected chi connectivity index (χ0v) is 14.1. The van der Waals surface area contributed by atoms with Crippen molar-refractivity contribution in [3.63, 3.8) is 0 Å². The first kappa shape index (κ1) is 17.8. The molecule has 1 fully saturated rings. The third-order valence-corrected chi connectivity index (χ3v) is 3.66. The number of hydrogen-bond acceptors (Lipinski definition) is 3. The Bertz CT molecular complexity index is 671. The summed E-state index contributed by atoms with van der Waals surface area (Å²) >= 11 is 0. The molecule has 0 spiro atoms. The first-order valence-corrected chi connectivity index (χ1v) is 8.37. The number of hydrogen-bond donors (Lipinski definition) is 0. The van der Waals surface area contributed by atoms with Gasteiger partial charge in [0.25, 0.3) is 0 Å². The van der Waals surface area contributed by atoms with Crippen molar-refractivity contribution in [1.82, 2.24) is 0 Å². The third-order valence-electron chi connectivity index (χ3n) is 3.66. The van der Waals surface area contributed by atoms with Gasteiger partial charge in [0.15, 0.2) is 5.78 Å². The molecule has 0 bridgehead atoms. The van der Waals surface area contributed by atoms with Crippen LogP contribution in [0.25, 0.3) is 6.08 Å². The smallest absolute Gasteiger partial charge is 0.158 e. The largest absolute Gasteiger partial charge is 0.469 e. The van der Waals surface area contributed by atoms with Gasteiger partial charge in [-0.2, -0.15) is 0 Å². The van der Waals surface area contributed by atoms with Gasteiger partial charge in [0.2, 0.25) is 0 Å². The van der Waals surface area contributed by atoms with E-state index in [1.54, 1.807) is 12.5 Å². The van der Waals surface area contributed by atoms with Crippen molar-refractivity contribution in [1.29, 1.82) is 0 Å². The Labute approximate surface area is 143 Å². The van der Waals surface area contributed by atoms with Crippen molar-refractivity contribution in [2.24, 2.45) is 0 Å². The van der Waals surface area contributed by atoms with Crippen LogP contribution in [0.2, 0.25) is 0 Å². The molecule has 1 aliphatic carbocycles. The lowest BCUT2D eigenvalue weighted by Gasteiger charge is -2.11. The minimum Gasteiger partial charge on any atom is -0.469 e. The predicted octanol–water partition coefficient (Wildman–Crippen LogP) is 5.76. The summed E-state index contributed by atoms with van der Waals surface area (Å²) in [5, 5.41) is 0. The highest BCUT2D eigenvalue weighted by molar-refractivity contribution is 5.96. The van der Waals surface area contributed by atoms with E-state index in [0.717, 1.165) is 49.2 Å². The van der Waals surface area contributed by atoms with Gasteiger partial charge >= 0.3 is 0 Å². The molecule has 1 saturated carbocycles. The SMILES string of the molecule is C/C=C/c1ccco1.O=C1CCCC/C1=C\C=C\Cc1ccco1. The molecule has 0 N–H and O–H groups in total. The zero-order chi connectivity index (χ0) is 17.0. The molecule has 2 aromatic rings. The minimum atomic E-state index is 0.314. The van der Waals surface area contributed by atoms with Crippen LogP contribution in [0.5, 0.6) is 0 Å². The Morgan fingerprint density at radius 1 is 1.08 bits per heavy atom. The standard InChI is InChI=1S/C14H16O2.C7H8O/c15-14-10-4-2-7-12(14)6-1-3-8-13-9-5-11-16-13;1-2-4-7-5-3-6-8-7/h1,3,5-6,9,11H,2,4,7-8,10H2;2-6H,1H3/b3-1+,12-6+;4-2+. The molecule has 0 aromatic carbocycles. The number of rotatable bonds is 4. The Morgan fingerprint density at radius 2 is 1.88 bits per heavy atom. The number of ketones is 1. The molecule has 0 amide bonds. The summed E-state index contributed by atoms with van der Waals surface area (Å²) in [5.74, 6) is 2.17. The summed E-state index contributed by atoms with van der Waals surface area (Å²) in [6.45, 7) is 1.96. The van der Waals surface area contributed by atoms with E-state index in [2.05, 4.69) is 0 Å². The van der Waals surface area contributed by atoms with Crippen LogP contribution in [0.1, 0.15) is 44.1 Å². The Morgan fingerprint density at radius 3 is 2.54 bits per heavy atom. The lowest BCUT2D eigenvalue weighted by Crippen LogP contribution is -2.07. The lowest BCUT2D eigenvalue weighted by atomic mass is 9.93. The van der Waals surface area contributed by atoms with E-state index in [1.807, 2.05) is 61.6 Å². The Hall–Kier alpha value is -2.55. The average Bonchev–Trinajstić information content (AvgIpc) is 3.28. The molecule has 3 nitrogen and oxygen atoms in total. The highest BCUT2D eigenvalue weighted by Gasteiger charge is 2.13. The number of Topliss-reactive ketones (excluding diaryl/α,β-unsaturated/α-hetero) is 1. The van der Waals surface area contributed by atoms with E-state index in [9.17, 15) is 4.79 Å². The quantitative estimate of drug-likeness (QED) is 0.671. The summed E-state index contributed by atoms with van der Waals surface area (Å²) in [6.07, 6.45) is 17.8. The average molecular weight is 324 g/mol. The number of furan rings is 2. The van der Waals surface area contributed by atoms with Crippen LogP contribution in [0.4, 0.5) is 0 Å². The van der Waals surface area contributed by atoms with Gasteiger partial charge in [-0.25, -0.2) is 0 Å². The van der Waals surface area contributed by atoms with Crippen LogP contribution in [0.3, 0.4) is 0 Å². The van der Waals surface area contributed by atoms with Crippen molar-refractivity contribution in [3.8, 4) is 0 Å². The molecule has 0 radical (unpaired) electrons. The first-order chi connectivity index (χ1) is 11.8. The highest BCUT2D eigenvalue weighted by Crippen LogP contribution is 2.19. The van der Waals surface area contributed by atoms with Crippen LogP contribution in [0.15, 0.2) is 75.5 Å². The third kappa shape index (κ3) is 6.29. The lowest BCUT2D eigenvalue weighted by molar-refractivity contribution is -0.116. The second-order valence-electron chi connectivity index (χ2n) is 5.55. The second-order valence-corrected chi connectivity index (χ2v) is 5.55. The molecule has 1 aliphatic rings. The van der Waals surface area contributed by atoms with Crippen LogP contribution in [0, 0.1) is 0 Å². The van der Waals surface area contributed by atoms with Crippen molar-refractivity contribution in [3.05, 3.63) is 78.2 Å². The fraction of sp³-hybridized carbons (Fsp3) is 0.286. The molecule has 3 rings (SSSR count). The second kappa shape index (κ2) is 10.3. The molecule has 2 heterocycles. The van der Waals surface area contributed by atoms with Crippen LogP contribution >= 0.6 is 0 Å². The van der Waals surface area contributed by atoms with E-state index in [1.165, 1.54) is 0 Å². The Balaban J connectivity index is 0.000000219. The number of carbonyl (C=O) groups excluding carboxylic acids is 1. The molecule has 0 unspecified atom stereocenters. The summed E-state index contributed by atoms with van der Waals surface area (Å²) < 4.78 is 10.2. The van der Waals surface area contributed by atoms with Gasteiger partial charge in [0.05, 0.1) is 12.5 Å². The molecule has 3 heteroatoms. The maximum Gasteiger partial charge on any atom is 0.158 e. The summed E-state index contributed by atoms with van der Waals surface area (Å²) in [7, 11) is 0. The van der Waals surface area contributed by atoms with Crippen LogP contribution in [-0.2, 0) is 11.2 Å². The summed E-state index contributed by atoms with van der Waals surface area (Å²) in [5.41, 5.74) is 0.974. The van der Waals surface area contributed by atoms with Gasteiger partial charge in [-0.05, 0) is 62.1 Å². The number of carbonyl (C=O) groups is 1. The van der Waals surface area contributed by atoms with Crippen molar-refractivity contribution in [2.75, 3.05) is 0 Å². The van der Waals surface area contributed by atoms with E-state index in [-0.39, 0.29) is 0 Å². The molecular formula is C21H24O3. The molecule has 0 atom stereocenters. The van der Waals surface area contributed by atoms with Gasteiger partial charge in [-0.15, -0.1) is 0 Å². The van der Waals surface area contributed by atoms with E-state index < -0.39 is 0 Å². The van der Waals surface area contributed by atoms with Crippen LogP contribution in [-0.4, -0.2) is 5.78 Å².